The fourth-order valence-electron chi connectivity index (χ4n) is 4.80. The smallest absolute Gasteiger partial charge is 0.257 e. The van der Waals surface area contributed by atoms with Crippen LogP contribution in [0.2, 0.25) is 0 Å². The van der Waals surface area contributed by atoms with Gasteiger partial charge in [0.05, 0.1) is 10.6 Å². The van der Waals surface area contributed by atoms with Gasteiger partial charge < -0.3 is 0 Å². The molecule has 3 aromatic carbocycles. The Labute approximate surface area is 234 Å². The van der Waals surface area contributed by atoms with Crippen LogP contribution < -0.4 is 5.32 Å². The van der Waals surface area contributed by atoms with E-state index < -0.39 is 10.0 Å². The molecule has 2 heterocycles. The molecular weight excluding hydrogens is 526 g/mol. The highest BCUT2D eigenvalue weighted by Crippen LogP contribution is 2.34. The first-order chi connectivity index (χ1) is 18.8. The highest BCUT2D eigenvalue weighted by atomic mass is 32.2. The van der Waals surface area contributed by atoms with Crippen molar-refractivity contribution in [3.63, 3.8) is 0 Å². The molecule has 4 aromatic rings. The Hall–Kier alpha value is -3.33. The first-order valence-electron chi connectivity index (χ1n) is 13.4. The van der Waals surface area contributed by atoms with Crippen molar-refractivity contribution < 1.29 is 13.2 Å². The third kappa shape index (κ3) is 6.13. The number of hydrogen-bond acceptors (Lipinski definition) is 5. The van der Waals surface area contributed by atoms with E-state index >= 15 is 0 Å². The van der Waals surface area contributed by atoms with Gasteiger partial charge in [0.2, 0.25) is 10.0 Å². The number of thiazole rings is 1. The topological polar surface area (TPSA) is 79.4 Å². The zero-order valence-electron chi connectivity index (χ0n) is 22.3. The standard InChI is InChI=1S/C31H33N3O3S2/c1-3-7-28-29(25-12-10-24(11-13-25)23-8-5-4-6-9-23)32-31(38-28)33-30(35)26-14-16-27(17-15-26)39(36,37)34-20-18-22(2)19-21-34/h4-6,8-17,22H,3,7,18-21H2,1-2H3,(H,32,33,35). The molecule has 0 saturated carbocycles. The number of aromatic nitrogens is 1. The molecule has 0 bridgehead atoms. The number of carbonyl (C=O) groups excluding carboxylic acids is 1. The molecule has 0 unspecified atom stereocenters. The summed E-state index contributed by atoms with van der Waals surface area (Å²) in [4.78, 5) is 19.1. The van der Waals surface area contributed by atoms with Crippen LogP contribution in [-0.2, 0) is 16.4 Å². The van der Waals surface area contributed by atoms with Gasteiger partial charge in [-0.2, -0.15) is 4.31 Å². The van der Waals surface area contributed by atoms with E-state index in [2.05, 4.69) is 55.6 Å². The van der Waals surface area contributed by atoms with Gasteiger partial charge in [-0.15, -0.1) is 11.3 Å². The van der Waals surface area contributed by atoms with Crippen molar-refractivity contribution in [1.82, 2.24) is 9.29 Å². The maximum Gasteiger partial charge on any atom is 0.257 e. The Balaban J connectivity index is 1.31. The van der Waals surface area contributed by atoms with Crippen LogP contribution in [0.25, 0.3) is 22.4 Å². The van der Waals surface area contributed by atoms with E-state index in [1.807, 2.05) is 18.2 Å². The molecule has 0 spiro atoms. The Morgan fingerprint density at radius 2 is 1.54 bits per heavy atom. The lowest BCUT2D eigenvalue weighted by Gasteiger charge is -2.29. The van der Waals surface area contributed by atoms with Crippen molar-refractivity contribution in [2.45, 2.75) is 44.4 Å². The number of hydrogen-bond donors (Lipinski definition) is 1. The van der Waals surface area contributed by atoms with E-state index in [4.69, 9.17) is 4.98 Å². The normalized spacial score (nSPS) is 14.8. The maximum atomic E-state index is 13.0. The predicted octanol–water partition coefficient (Wildman–Crippen LogP) is 7.10. The van der Waals surface area contributed by atoms with Crippen LogP contribution in [0, 0.1) is 5.92 Å². The summed E-state index contributed by atoms with van der Waals surface area (Å²) in [6.07, 6.45) is 3.57. The zero-order chi connectivity index (χ0) is 27.4. The molecule has 39 heavy (non-hydrogen) atoms. The van der Waals surface area contributed by atoms with E-state index in [0.29, 0.717) is 29.7 Å². The van der Waals surface area contributed by atoms with E-state index in [1.165, 1.54) is 23.5 Å². The molecule has 1 amide bonds. The van der Waals surface area contributed by atoms with Crippen molar-refractivity contribution >= 4 is 32.4 Å². The minimum Gasteiger partial charge on any atom is -0.298 e. The van der Waals surface area contributed by atoms with Gasteiger partial charge in [0.1, 0.15) is 0 Å². The Kier molecular flexibility index (Phi) is 8.26. The number of rotatable bonds is 8. The van der Waals surface area contributed by atoms with Crippen molar-refractivity contribution in [3.05, 3.63) is 89.3 Å². The van der Waals surface area contributed by atoms with Crippen molar-refractivity contribution in [1.29, 1.82) is 0 Å². The van der Waals surface area contributed by atoms with Gasteiger partial charge in [-0.25, -0.2) is 13.4 Å². The molecule has 1 aliphatic rings. The second-order valence-corrected chi connectivity index (χ2v) is 13.1. The largest absolute Gasteiger partial charge is 0.298 e. The molecular formula is C31H33N3O3S2. The van der Waals surface area contributed by atoms with Crippen LogP contribution in [0.4, 0.5) is 5.13 Å². The monoisotopic (exact) mass is 559 g/mol. The minimum absolute atomic E-state index is 0.217. The van der Waals surface area contributed by atoms with Gasteiger partial charge in [-0.1, -0.05) is 74.9 Å². The second kappa shape index (κ2) is 11.8. The lowest BCUT2D eigenvalue weighted by molar-refractivity contribution is 0.102. The molecule has 8 heteroatoms. The third-order valence-corrected chi connectivity index (χ3v) is 10.1. The molecule has 0 radical (unpaired) electrons. The van der Waals surface area contributed by atoms with Gasteiger partial charge in [0.15, 0.2) is 5.13 Å². The molecule has 0 atom stereocenters. The summed E-state index contributed by atoms with van der Waals surface area (Å²) < 4.78 is 27.6. The quantitative estimate of drug-likeness (QED) is 0.250. The number of nitrogens with zero attached hydrogens (tertiary/aromatic N) is 2. The van der Waals surface area contributed by atoms with Crippen LogP contribution in [0.3, 0.4) is 0 Å². The van der Waals surface area contributed by atoms with Crippen LogP contribution in [-0.4, -0.2) is 36.7 Å². The summed E-state index contributed by atoms with van der Waals surface area (Å²) in [6.45, 7) is 5.34. The van der Waals surface area contributed by atoms with E-state index in [1.54, 1.807) is 16.4 Å². The summed E-state index contributed by atoms with van der Waals surface area (Å²) in [5.74, 6) is 0.230. The van der Waals surface area contributed by atoms with E-state index in [-0.39, 0.29) is 10.8 Å². The number of amides is 1. The zero-order valence-corrected chi connectivity index (χ0v) is 23.9. The van der Waals surface area contributed by atoms with Gasteiger partial charge in [0.25, 0.3) is 5.91 Å². The maximum absolute atomic E-state index is 13.0. The van der Waals surface area contributed by atoms with Crippen LogP contribution in [0.15, 0.2) is 83.8 Å². The summed E-state index contributed by atoms with van der Waals surface area (Å²) in [6, 6.07) is 24.8. The fraction of sp³-hybridized carbons (Fsp3) is 0.290. The van der Waals surface area contributed by atoms with Gasteiger partial charge >= 0.3 is 0 Å². The first-order valence-corrected chi connectivity index (χ1v) is 15.7. The number of nitrogens with one attached hydrogen (secondary N) is 1. The number of carbonyl (C=O) groups is 1. The fourth-order valence-corrected chi connectivity index (χ4v) is 7.35. The first kappa shape index (κ1) is 27.2. The summed E-state index contributed by atoms with van der Waals surface area (Å²) in [5, 5.41) is 3.45. The minimum atomic E-state index is -3.56. The molecule has 6 nitrogen and oxygen atoms in total. The van der Waals surface area contributed by atoms with Crippen LogP contribution in [0.5, 0.6) is 0 Å². The van der Waals surface area contributed by atoms with E-state index in [9.17, 15) is 13.2 Å². The van der Waals surface area contributed by atoms with Gasteiger partial charge in [-0.05, 0) is 60.6 Å². The van der Waals surface area contributed by atoms with Crippen LogP contribution in [0.1, 0.15) is 48.3 Å². The Morgan fingerprint density at radius 1 is 0.923 bits per heavy atom. The van der Waals surface area contributed by atoms with Crippen LogP contribution >= 0.6 is 11.3 Å². The second-order valence-electron chi connectivity index (χ2n) is 10.0. The SMILES string of the molecule is CCCc1sc(NC(=O)c2ccc(S(=O)(=O)N3CCC(C)CC3)cc2)nc1-c1ccc(-c2ccccc2)cc1. The Bertz CT molecular complexity index is 1520. The lowest BCUT2D eigenvalue weighted by Crippen LogP contribution is -2.37. The third-order valence-electron chi connectivity index (χ3n) is 7.16. The van der Waals surface area contributed by atoms with Crippen molar-refractivity contribution in [3.8, 4) is 22.4 Å². The summed E-state index contributed by atoms with van der Waals surface area (Å²) in [7, 11) is -3.56. The molecule has 0 aliphatic carbocycles. The highest BCUT2D eigenvalue weighted by molar-refractivity contribution is 7.89. The number of anilines is 1. The summed E-state index contributed by atoms with van der Waals surface area (Å²) >= 11 is 1.48. The molecule has 1 aliphatic heterocycles. The number of sulfonamides is 1. The number of benzene rings is 3. The van der Waals surface area contributed by atoms with E-state index in [0.717, 1.165) is 52.9 Å². The average molecular weight is 560 g/mol. The Morgan fingerprint density at radius 3 is 2.18 bits per heavy atom. The highest BCUT2D eigenvalue weighted by Gasteiger charge is 2.28. The lowest BCUT2D eigenvalue weighted by atomic mass is 10.0. The number of aryl methyl sites for hydroxylation is 1. The number of piperidine rings is 1. The van der Waals surface area contributed by atoms with Crippen molar-refractivity contribution in [2.75, 3.05) is 18.4 Å². The van der Waals surface area contributed by atoms with Gasteiger partial charge in [0, 0.05) is 29.1 Å². The predicted molar refractivity (Wildman–Crippen MR) is 159 cm³/mol. The summed E-state index contributed by atoms with van der Waals surface area (Å²) in [5.41, 5.74) is 4.58. The molecule has 1 aromatic heterocycles. The average Bonchev–Trinajstić information content (AvgIpc) is 3.36. The molecule has 202 valence electrons. The molecule has 1 N–H and O–H groups in total. The molecule has 1 saturated heterocycles. The molecule has 1 fully saturated rings. The van der Waals surface area contributed by atoms with Crippen molar-refractivity contribution in [2.24, 2.45) is 5.92 Å². The molecule has 5 rings (SSSR count). The van der Waals surface area contributed by atoms with Gasteiger partial charge in [-0.3, -0.25) is 10.1 Å².